The SMILES string of the molecule is CC(C)(C)OC(=O)N1[C@@H]2CC[C@H]1CC(Oc1ccc3[nH]c(C(=O)O)cc3c1)C2. The smallest absolute Gasteiger partial charge is 0.410 e. The molecule has 0 saturated carbocycles. The summed E-state index contributed by atoms with van der Waals surface area (Å²) < 4.78 is 11.8. The van der Waals surface area contributed by atoms with Crippen molar-refractivity contribution in [2.45, 2.75) is 70.2 Å². The number of aromatic carboxylic acids is 1. The van der Waals surface area contributed by atoms with Gasteiger partial charge in [-0.3, -0.25) is 0 Å². The monoisotopic (exact) mass is 386 g/mol. The van der Waals surface area contributed by atoms with Gasteiger partial charge < -0.3 is 24.5 Å². The van der Waals surface area contributed by atoms with Crippen LogP contribution in [0.15, 0.2) is 24.3 Å². The Morgan fingerprint density at radius 3 is 2.43 bits per heavy atom. The van der Waals surface area contributed by atoms with Crippen molar-refractivity contribution in [2.24, 2.45) is 0 Å². The molecule has 0 aliphatic carbocycles. The standard InChI is InChI=1S/C21H26N2O5/c1-21(2,3)28-20(26)23-13-4-5-14(23)11-16(10-13)27-15-6-7-17-12(8-15)9-18(22-17)19(24)25/h6-9,13-14,16,22H,4-5,10-11H2,1-3H3,(H,24,25)/t13-,14+,16?. The Balaban J connectivity index is 1.44. The van der Waals surface area contributed by atoms with E-state index in [1.807, 2.05) is 43.9 Å². The van der Waals surface area contributed by atoms with Gasteiger partial charge in [0.25, 0.3) is 0 Å². The van der Waals surface area contributed by atoms with Crippen LogP contribution in [0.2, 0.25) is 0 Å². The Morgan fingerprint density at radius 2 is 1.82 bits per heavy atom. The van der Waals surface area contributed by atoms with Crippen molar-refractivity contribution < 1.29 is 24.2 Å². The fourth-order valence-electron chi connectivity index (χ4n) is 4.33. The molecular formula is C21H26N2O5. The van der Waals surface area contributed by atoms with Crippen molar-refractivity contribution in [2.75, 3.05) is 0 Å². The minimum Gasteiger partial charge on any atom is -0.490 e. The summed E-state index contributed by atoms with van der Waals surface area (Å²) in [6.07, 6.45) is 3.31. The van der Waals surface area contributed by atoms with Gasteiger partial charge in [0.2, 0.25) is 0 Å². The molecular weight excluding hydrogens is 360 g/mol. The van der Waals surface area contributed by atoms with E-state index in [2.05, 4.69) is 4.98 Å². The van der Waals surface area contributed by atoms with E-state index in [1.54, 1.807) is 6.07 Å². The topological polar surface area (TPSA) is 91.9 Å². The van der Waals surface area contributed by atoms with Crippen LogP contribution in [0, 0.1) is 0 Å². The molecule has 0 spiro atoms. The molecule has 7 nitrogen and oxygen atoms in total. The average Bonchev–Trinajstić information content (AvgIpc) is 3.12. The molecule has 1 aromatic carbocycles. The van der Waals surface area contributed by atoms with Crippen molar-refractivity contribution in [3.63, 3.8) is 0 Å². The minimum absolute atomic E-state index is 0.0338. The number of ether oxygens (including phenoxy) is 2. The summed E-state index contributed by atoms with van der Waals surface area (Å²) in [5, 5.41) is 9.93. The molecule has 3 atom stereocenters. The first-order valence-corrected chi connectivity index (χ1v) is 9.73. The number of aromatic nitrogens is 1. The highest BCUT2D eigenvalue weighted by Crippen LogP contribution is 2.38. The maximum atomic E-state index is 12.6. The Bertz CT molecular complexity index is 899. The van der Waals surface area contributed by atoms with Gasteiger partial charge in [-0.2, -0.15) is 0 Å². The number of nitrogens with zero attached hydrogens (tertiary/aromatic N) is 1. The fourth-order valence-corrected chi connectivity index (χ4v) is 4.33. The molecule has 7 heteroatoms. The molecule has 150 valence electrons. The number of fused-ring (bicyclic) bond motifs is 3. The molecule has 3 heterocycles. The molecule has 28 heavy (non-hydrogen) atoms. The van der Waals surface area contributed by atoms with E-state index in [1.165, 1.54) is 0 Å². The molecule has 1 aromatic heterocycles. The number of rotatable bonds is 3. The van der Waals surface area contributed by atoms with Crippen LogP contribution in [0.5, 0.6) is 5.75 Å². The Hall–Kier alpha value is -2.70. The number of piperidine rings is 1. The van der Waals surface area contributed by atoms with E-state index >= 15 is 0 Å². The number of carboxylic acid groups (broad SMARTS) is 1. The number of hydrogen-bond acceptors (Lipinski definition) is 4. The first kappa shape index (κ1) is 18.7. The first-order chi connectivity index (χ1) is 13.2. The number of carboxylic acids is 1. The predicted octanol–water partition coefficient (Wildman–Crippen LogP) is 4.18. The van der Waals surface area contributed by atoms with Gasteiger partial charge in [-0.1, -0.05) is 0 Å². The van der Waals surface area contributed by atoms with Crippen LogP contribution < -0.4 is 4.74 Å². The van der Waals surface area contributed by atoms with E-state index in [0.717, 1.165) is 42.3 Å². The van der Waals surface area contributed by atoms with Gasteiger partial charge in [0.1, 0.15) is 23.1 Å². The van der Waals surface area contributed by atoms with Crippen LogP contribution in [0.1, 0.15) is 56.9 Å². The van der Waals surface area contributed by atoms with Gasteiger partial charge in [-0.15, -0.1) is 0 Å². The zero-order valence-corrected chi connectivity index (χ0v) is 16.4. The lowest BCUT2D eigenvalue weighted by molar-refractivity contribution is -0.00707. The number of H-pyrrole nitrogens is 1. The summed E-state index contributed by atoms with van der Waals surface area (Å²) in [5.41, 5.74) is 0.436. The number of amides is 1. The quantitative estimate of drug-likeness (QED) is 0.826. The molecule has 1 amide bonds. The maximum absolute atomic E-state index is 12.6. The number of hydrogen-bond donors (Lipinski definition) is 2. The van der Waals surface area contributed by atoms with Crippen LogP contribution in [0.25, 0.3) is 10.9 Å². The van der Waals surface area contributed by atoms with Crippen molar-refractivity contribution in [3.8, 4) is 5.75 Å². The van der Waals surface area contributed by atoms with E-state index in [4.69, 9.17) is 14.6 Å². The summed E-state index contributed by atoms with van der Waals surface area (Å²) in [5.74, 6) is -0.261. The second-order valence-corrected chi connectivity index (χ2v) is 8.72. The average molecular weight is 386 g/mol. The predicted molar refractivity (Wildman–Crippen MR) is 104 cm³/mol. The molecule has 0 radical (unpaired) electrons. The van der Waals surface area contributed by atoms with Crippen molar-refractivity contribution in [1.82, 2.24) is 9.88 Å². The molecule has 2 aliphatic heterocycles. The van der Waals surface area contributed by atoms with Crippen LogP contribution in [-0.2, 0) is 4.74 Å². The van der Waals surface area contributed by atoms with Gasteiger partial charge in [-0.25, -0.2) is 9.59 Å². The van der Waals surface area contributed by atoms with E-state index < -0.39 is 11.6 Å². The lowest BCUT2D eigenvalue weighted by Crippen LogP contribution is -2.50. The molecule has 2 N–H and O–H groups in total. The molecule has 2 aliphatic rings. The fraction of sp³-hybridized carbons (Fsp3) is 0.524. The van der Waals surface area contributed by atoms with E-state index in [0.29, 0.717) is 0 Å². The number of nitrogens with one attached hydrogen (secondary N) is 1. The minimum atomic E-state index is -0.982. The molecule has 2 aromatic rings. The zero-order chi connectivity index (χ0) is 20.1. The van der Waals surface area contributed by atoms with Gasteiger partial charge in [0.15, 0.2) is 0 Å². The molecule has 2 fully saturated rings. The second kappa shape index (κ2) is 6.72. The number of benzene rings is 1. The third-order valence-corrected chi connectivity index (χ3v) is 5.42. The van der Waals surface area contributed by atoms with Gasteiger partial charge in [0.05, 0.1) is 0 Å². The number of carbonyl (C=O) groups excluding carboxylic acids is 1. The van der Waals surface area contributed by atoms with Gasteiger partial charge in [-0.05, 0) is 57.9 Å². The second-order valence-electron chi connectivity index (χ2n) is 8.72. The normalized spacial score (nSPS) is 24.4. The Labute approximate surface area is 163 Å². The number of carbonyl (C=O) groups is 2. The van der Waals surface area contributed by atoms with Crippen LogP contribution in [0.4, 0.5) is 4.79 Å². The van der Waals surface area contributed by atoms with Crippen molar-refractivity contribution in [3.05, 3.63) is 30.0 Å². The summed E-state index contributed by atoms with van der Waals surface area (Å²) in [7, 11) is 0. The van der Waals surface area contributed by atoms with E-state index in [9.17, 15) is 9.59 Å². The van der Waals surface area contributed by atoms with Gasteiger partial charge in [0, 0.05) is 35.8 Å². The molecule has 2 bridgehead atoms. The zero-order valence-electron chi connectivity index (χ0n) is 16.4. The van der Waals surface area contributed by atoms with Crippen LogP contribution in [-0.4, -0.2) is 50.8 Å². The molecule has 1 unspecified atom stereocenters. The highest BCUT2D eigenvalue weighted by Gasteiger charge is 2.45. The van der Waals surface area contributed by atoms with Crippen molar-refractivity contribution >= 4 is 23.0 Å². The summed E-state index contributed by atoms with van der Waals surface area (Å²) >= 11 is 0. The van der Waals surface area contributed by atoms with Gasteiger partial charge >= 0.3 is 12.1 Å². The lowest BCUT2D eigenvalue weighted by atomic mass is 10.00. The summed E-state index contributed by atoms with van der Waals surface area (Å²) in [4.78, 5) is 28.4. The van der Waals surface area contributed by atoms with Crippen molar-refractivity contribution in [1.29, 1.82) is 0 Å². The van der Waals surface area contributed by atoms with Crippen LogP contribution >= 0.6 is 0 Å². The number of aromatic amines is 1. The summed E-state index contributed by atoms with van der Waals surface area (Å²) in [6, 6.07) is 7.45. The first-order valence-electron chi connectivity index (χ1n) is 9.73. The Kier molecular flexibility index (Phi) is 4.48. The highest BCUT2D eigenvalue weighted by molar-refractivity contribution is 5.94. The molecule has 2 saturated heterocycles. The highest BCUT2D eigenvalue weighted by atomic mass is 16.6. The maximum Gasteiger partial charge on any atom is 0.410 e. The summed E-state index contributed by atoms with van der Waals surface area (Å²) in [6.45, 7) is 5.65. The lowest BCUT2D eigenvalue weighted by Gasteiger charge is -2.39. The van der Waals surface area contributed by atoms with Crippen LogP contribution in [0.3, 0.4) is 0 Å². The largest absolute Gasteiger partial charge is 0.490 e. The third-order valence-electron chi connectivity index (χ3n) is 5.42. The Morgan fingerprint density at radius 1 is 1.14 bits per heavy atom. The van der Waals surface area contributed by atoms with E-state index in [-0.39, 0.29) is 30.0 Å². The molecule has 4 rings (SSSR count). The third kappa shape index (κ3) is 3.66.